The summed E-state index contributed by atoms with van der Waals surface area (Å²) in [7, 11) is 0. The zero-order valence-electron chi connectivity index (χ0n) is 9.08. The summed E-state index contributed by atoms with van der Waals surface area (Å²) in [6.45, 7) is 2.13. The van der Waals surface area contributed by atoms with Crippen molar-refractivity contribution in [2.75, 3.05) is 5.75 Å². The molecule has 84 valence electrons. The van der Waals surface area contributed by atoms with Crippen LogP contribution in [0.1, 0.15) is 26.2 Å². The van der Waals surface area contributed by atoms with Gasteiger partial charge in [0, 0.05) is 16.0 Å². The molecular formula is C12H18ClNS. The summed E-state index contributed by atoms with van der Waals surface area (Å²) in [6.07, 6.45) is 3.36. The maximum Gasteiger partial charge on any atom is 0.0417 e. The Morgan fingerprint density at radius 1 is 1.47 bits per heavy atom. The lowest BCUT2D eigenvalue weighted by molar-refractivity contribution is 0.589. The Balaban J connectivity index is 2.20. The van der Waals surface area contributed by atoms with Crippen molar-refractivity contribution in [1.29, 1.82) is 0 Å². The van der Waals surface area contributed by atoms with Crippen LogP contribution in [0.2, 0.25) is 5.02 Å². The molecule has 0 heterocycles. The molecule has 1 aromatic rings. The monoisotopic (exact) mass is 243 g/mol. The first-order valence-electron chi connectivity index (χ1n) is 5.36. The highest BCUT2D eigenvalue weighted by Gasteiger charge is 1.99. The predicted molar refractivity (Wildman–Crippen MR) is 69.7 cm³/mol. The van der Waals surface area contributed by atoms with Gasteiger partial charge in [-0.1, -0.05) is 24.6 Å². The molecule has 0 aliphatic rings. The van der Waals surface area contributed by atoms with Gasteiger partial charge in [-0.2, -0.15) is 0 Å². The zero-order valence-corrected chi connectivity index (χ0v) is 10.7. The minimum Gasteiger partial charge on any atom is -0.328 e. The van der Waals surface area contributed by atoms with Crippen LogP contribution >= 0.6 is 23.4 Å². The molecule has 0 saturated carbocycles. The van der Waals surface area contributed by atoms with Gasteiger partial charge in [-0.15, -0.1) is 11.8 Å². The highest BCUT2D eigenvalue weighted by molar-refractivity contribution is 7.99. The van der Waals surface area contributed by atoms with Gasteiger partial charge < -0.3 is 5.73 Å². The first kappa shape index (κ1) is 12.9. The molecule has 3 heteroatoms. The Bertz CT molecular complexity index is 291. The van der Waals surface area contributed by atoms with E-state index in [-0.39, 0.29) is 0 Å². The van der Waals surface area contributed by atoms with E-state index in [0.29, 0.717) is 6.04 Å². The van der Waals surface area contributed by atoms with Crippen LogP contribution in [-0.4, -0.2) is 11.8 Å². The highest BCUT2D eigenvalue weighted by Crippen LogP contribution is 2.22. The Kier molecular flexibility index (Phi) is 6.15. The molecule has 0 aliphatic carbocycles. The average molecular weight is 244 g/mol. The quantitative estimate of drug-likeness (QED) is 0.605. The second kappa shape index (κ2) is 7.15. The van der Waals surface area contributed by atoms with E-state index in [2.05, 4.69) is 13.0 Å². The molecule has 15 heavy (non-hydrogen) atoms. The zero-order chi connectivity index (χ0) is 11.1. The summed E-state index contributed by atoms with van der Waals surface area (Å²) < 4.78 is 0. The van der Waals surface area contributed by atoms with Crippen LogP contribution in [0.4, 0.5) is 0 Å². The molecule has 0 fully saturated rings. The van der Waals surface area contributed by atoms with Crippen molar-refractivity contribution in [3.05, 3.63) is 29.3 Å². The minimum absolute atomic E-state index is 0.366. The molecule has 0 saturated heterocycles. The van der Waals surface area contributed by atoms with Crippen LogP contribution in [0.5, 0.6) is 0 Å². The van der Waals surface area contributed by atoms with Crippen LogP contribution in [0, 0.1) is 0 Å². The molecule has 1 nitrogen and oxygen atoms in total. The van der Waals surface area contributed by atoms with Gasteiger partial charge in [-0.25, -0.2) is 0 Å². The molecule has 0 aromatic heterocycles. The van der Waals surface area contributed by atoms with Gasteiger partial charge in [-0.3, -0.25) is 0 Å². The first-order valence-corrected chi connectivity index (χ1v) is 6.72. The fourth-order valence-corrected chi connectivity index (χ4v) is 2.48. The molecule has 0 radical (unpaired) electrons. The van der Waals surface area contributed by atoms with Crippen LogP contribution < -0.4 is 5.73 Å². The van der Waals surface area contributed by atoms with Crippen molar-refractivity contribution >= 4 is 23.4 Å². The Morgan fingerprint density at radius 2 is 2.27 bits per heavy atom. The number of nitrogens with two attached hydrogens (primary N) is 1. The molecule has 2 N–H and O–H groups in total. The van der Waals surface area contributed by atoms with Gasteiger partial charge in [0.1, 0.15) is 0 Å². The second-order valence-electron chi connectivity index (χ2n) is 3.62. The van der Waals surface area contributed by atoms with Gasteiger partial charge in [0.15, 0.2) is 0 Å². The summed E-state index contributed by atoms with van der Waals surface area (Å²) >= 11 is 7.74. The third-order valence-electron chi connectivity index (χ3n) is 2.31. The van der Waals surface area contributed by atoms with E-state index in [0.717, 1.165) is 23.6 Å². The van der Waals surface area contributed by atoms with E-state index in [4.69, 9.17) is 17.3 Å². The Labute approximate surface area is 101 Å². The number of thioether (sulfide) groups is 1. The highest BCUT2D eigenvalue weighted by atomic mass is 35.5. The Morgan fingerprint density at radius 3 is 2.93 bits per heavy atom. The molecule has 1 atom stereocenters. The molecule has 0 amide bonds. The van der Waals surface area contributed by atoms with Gasteiger partial charge in [0.05, 0.1) is 0 Å². The van der Waals surface area contributed by atoms with Crippen molar-refractivity contribution in [3.8, 4) is 0 Å². The molecule has 1 aromatic carbocycles. The maximum absolute atomic E-state index is 5.90. The standard InChI is InChI=1S/C12H18ClNS/c1-2-11(14)6-4-8-15-12-7-3-5-10(13)9-12/h3,5,7,9,11H,2,4,6,8,14H2,1H3. The lowest BCUT2D eigenvalue weighted by atomic mass is 10.1. The van der Waals surface area contributed by atoms with E-state index < -0.39 is 0 Å². The van der Waals surface area contributed by atoms with E-state index in [1.165, 1.54) is 11.3 Å². The molecular weight excluding hydrogens is 226 g/mol. The lowest BCUT2D eigenvalue weighted by Gasteiger charge is -2.07. The largest absolute Gasteiger partial charge is 0.328 e. The SMILES string of the molecule is CCC(N)CCCSc1cccc(Cl)c1. The smallest absolute Gasteiger partial charge is 0.0417 e. The van der Waals surface area contributed by atoms with E-state index in [9.17, 15) is 0 Å². The summed E-state index contributed by atoms with van der Waals surface area (Å²) in [5, 5.41) is 0.810. The van der Waals surface area contributed by atoms with E-state index in [1.54, 1.807) is 0 Å². The second-order valence-corrected chi connectivity index (χ2v) is 5.22. The summed E-state index contributed by atoms with van der Waals surface area (Å²) in [5.41, 5.74) is 5.85. The van der Waals surface area contributed by atoms with Crippen LogP contribution in [-0.2, 0) is 0 Å². The third-order valence-corrected chi connectivity index (χ3v) is 3.62. The van der Waals surface area contributed by atoms with Gasteiger partial charge in [0.2, 0.25) is 0 Å². The normalized spacial score (nSPS) is 12.7. The first-order chi connectivity index (χ1) is 7.22. The van der Waals surface area contributed by atoms with Crippen LogP contribution in [0.15, 0.2) is 29.2 Å². The molecule has 0 spiro atoms. The molecule has 1 unspecified atom stereocenters. The number of halogens is 1. The van der Waals surface area contributed by atoms with Crippen molar-refractivity contribution in [2.24, 2.45) is 5.73 Å². The number of hydrogen-bond acceptors (Lipinski definition) is 2. The van der Waals surface area contributed by atoms with Crippen LogP contribution in [0.3, 0.4) is 0 Å². The summed E-state index contributed by atoms with van der Waals surface area (Å²) in [6, 6.07) is 8.36. The lowest BCUT2D eigenvalue weighted by Crippen LogP contribution is -2.18. The Hall–Kier alpha value is -0.180. The van der Waals surface area contributed by atoms with E-state index >= 15 is 0 Å². The maximum atomic E-state index is 5.90. The average Bonchev–Trinajstić information content (AvgIpc) is 2.24. The molecule has 0 bridgehead atoms. The fraction of sp³-hybridized carbons (Fsp3) is 0.500. The van der Waals surface area contributed by atoms with Gasteiger partial charge in [-0.05, 0) is 43.2 Å². The van der Waals surface area contributed by atoms with Crippen molar-refractivity contribution in [3.63, 3.8) is 0 Å². The van der Waals surface area contributed by atoms with Gasteiger partial charge in [0.25, 0.3) is 0 Å². The van der Waals surface area contributed by atoms with Crippen molar-refractivity contribution in [1.82, 2.24) is 0 Å². The topological polar surface area (TPSA) is 26.0 Å². The van der Waals surface area contributed by atoms with Gasteiger partial charge >= 0.3 is 0 Å². The number of hydrogen-bond donors (Lipinski definition) is 1. The van der Waals surface area contributed by atoms with Crippen LogP contribution in [0.25, 0.3) is 0 Å². The number of benzene rings is 1. The van der Waals surface area contributed by atoms with E-state index in [1.807, 2.05) is 30.0 Å². The fourth-order valence-electron chi connectivity index (χ4n) is 1.30. The summed E-state index contributed by atoms with van der Waals surface area (Å²) in [4.78, 5) is 1.24. The molecule has 0 aliphatic heterocycles. The van der Waals surface area contributed by atoms with Crippen molar-refractivity contribution in [2.45, 2.75) is 37.1 Å². The number of rotatable bonds is 6. The molecule has 1 rings (SSSR count). The third kappa shape index (κ3) is 5.45. The predicted octanol–water partition coefficient (Wildman–Crippen LogP) is 3.95. The summed E-state index contributed by atoms with van der Waals surface area (Å²) in [5.74, 6) is 1.12. The van der Waals surface area contributed by atoms with Crippen molar-refractivity contribution < 1.29 is 0 Å². The minimum atomic E-state index is 0.366.